The van der Waals surface area contributed by atoms with Crippen LogP contribution in [0.5, 0.6) is 5.75 Å². The Kier molecular flexibility index (Phi) is 11.2. The lowest BCUT2D eigenvalue weighted by Crippen LogP contribution is -2.17. The molecule has 3 heteroatoms. The van der Waals surface area contributed by atoms with E-state index in [9.17, 15) is 4.79 Å². The standard InChI is InChI=1S/C24H38O3/c1-2-3-4-5-6-7-8-9-10-11-12-13-17-20-22-23(27-22)24(25)26-21-18-15-14-16-19-21/h14-16,18-19,22-23H,2-13,17,20H2,1H3. The number of hydrogen-bond acceptors (Lipinski definition) is 3. The summed E-state index contributed by atoms with van der Waals surface area (Å²) in [6, 6.07) is 9.22. The number of esters is 1. The van der Waals surface area contributed by atoms with E-state index in [0.29, 0.717) is 5.75 Å². The Morgan fingerprint density at radius 3 is 1.89 bits per heavy atom. The second-order valence-electron chi connectivity index (χ2n) is 7.86. The lowest BCUT2D eigenvalue weighted by Gasteiger charge is -2.03. The largest absolute Gasteiger partial charge is 0.425 e. The number of carbonyl (C=O) groups is 1. The molecule has 0 saturated carbocycles. The molecule has 1 aliphatic heterocycles. The Morgan fingerprint density at radius 1 is 0.815 bits per heavy atom. The summed E-state index contributed by atoms with van der Waals surface area (Å²) in [6.45, 7) is 2.27. The summed E-state index contributed by atoms with van der Waals surface area (Å²) < 4.78 is 10.8. The highest BCUT2D eigenvalue weighted by Gasteiger charge is 2.45. The van der Waals surface area contributed by atoms with Gasteiger partial charge in [-0.25, -0.2) is 4.79 Å². The van der Waals surface area contributed by atoms with Crippen LogP contribution in [0.1, 0.15) is 96.8 Å². The van der Waals surface area contributed by atoms with E-state index >= 15 is 0 Å². The van der Waals surface area contributed by atoms with Crippen molar-refractivity contribution in [3.05, 3.63) is 30.3 Å². The predicted molar refractivity (Wildman–Crippen MR) is 111 cm³/mol. The smallest absolute Gasteiger partial charge is 0.343 e. The van der Waals surface area contributed by atoms with Crippen LogP contribution in [0, 0.1) is 0 Å². The second-order valence-corrected chi connectivity index (χ2v) is 7.86. The predicted octanol–water partition coefficient (Wildman–Crippen LogP) is 6.84. The minimum atomic E-state index is -0.345. The van der Waals surface area contributed by atoms with Gasteiger partial charge in [-0.2, -0.15) is 0 Å². The van der Waals surface area contributed by atoms with Gasteiger partial charge in [0.15, 0.2) is 6.10 Å². The molecule has 0 amide bonds. The Hall–Kier alpha value is -1.35. The average molecular weight is 375 g/mol. The van der Waals surface area contributed by atoms with Crippen molar-refractivity contribution in [1.82, 2.24) is 0 Å². The topological polar surface area (TPSA) is 38.8 Å². The molecule has 1 aromatic carbocycles. The second kappa shape index (κ2) is 13.8. The number of unbranched alkanes of at least 4 members (excludes halogenated alkanes) is 12. The molecule has 3 nitrogen and oxygen atoms in total. The number of carbonyl (C=O) groups excluding carboxylic acids is 1. The SMILES string of the molecule is CCCCCCCCCCCCCCCC1OC1C(=O)Oc1ccccc1. The summed E-state index contributed by atoms with van der Waals surface area (Å²) >= 11 is 0. The van der Waals surface area contributed by atoms with E-state index in [1.807, 2.05) is 18.2 Å². The molecule has 2 atom stereocenters. The van der Waals surface area contributed by atoms with Crippen LogP contribution in [0.3, 0.4) is 0 Å². The molecule has 0 aromatic heterocycles. The molecule has 0 spiro atoms. The fraction of sp³-hybridized carbons (Fsp3) is 0.708. The highest BCUT2D eigenvalue weighted by molar-refractivity contribution is 5.80. The fourth-order valence-corrected chi connectivity index (χ4v) is 3.60. The summed E-state index contributed by atoms with van der Waals surface area (Å²) in [5.74, 6) is 0.346. The first-order valence-corrected chi connectivity index (χ1v) is 11.2. The number of ether oxygens (including phenoxy) is 2. The van der Waals surface area contributed by atoms with Crippen molar-refractivity contribution in [3.63, 3.8) is 0 Å². The first-order chi connectivity index (χ1) is 13.3. The molecule has 0 radical (unpaired) electrons. The summed E-state index contributed by atoms with van der Waals surface area (Å²) in [7, 11) is 0. The average Bonchev–Trinajstić information content (AvgIpc) is 3.46. The molecule has 2 unspecified atom stereocenters. The van der Waals surface area contributed by atoms with Gasteiger partial charge in [-0.05, 0) is 18.6 Å². The van der Waals surface area contributed by atoms with Gasteiger partial charge in [0, 0.05) is 0 Å². The normalized spacial score (nSPS) is 18.4. The van der Waals surface area contributed by atoms with E-state index in [4.69, 9.17) is 9.47 Å². The molecule has 152 valence electrons. The third-order valence-corrected chi connectivity index (χ3v) is 5.37. The fourth-order valence-electron chi connectivity index (χ4n) is 3.60. The maximum atomic E-state index is 12.0. The monoisotopic (exact) mass is 374 g/mol. The van der Waals surface area contributed by atoms with Crippen molar-refractivity contribution in [2.75, 3.05) is 0 Å². The van der Waals surface area contributed by atoms with Gasteiger partial charge >= 0.3 is 5.97 Å². The Bertz CT molecular complexity index is 500. The lowest BCUT2D eigenvalue weighted by atomic mass is 10.0. The minimum Gasteiger partial charge on any atom is -0.425 e. The van der Waals surface area contributed by atoms with Crippen LogP contribution >= 0.6 is 0 Å². The van der Waals surface area contributed by atoms with Crippen LogP contribution in [0.4, 0.5) is 0 Å². The lowest BCUT2D eigenvalue weighted by molar-refractivity contribution is -0.135. The van der Waals surface area contributed by atoms with Crippen molar-refractivity contribution >= 4 is 5.97 Å². The van der Waals surface area contributed by atoms with Crippen LogP contribution in [0.2, 0.25) is 0 Å². The maximum absolute atomic E-state index is 12.0. The third-order valence-electron chi connectivity index (χ3n) is 5.37. The Labute approximate surface area is 165 Å². The van der Waals surface area contributed by atoms with E-state index in [1.54, 1.807) is 12.1 Å². The zero-order valence-corrected chi connectivity index (χ0v) is 17.2. The Balaban J connectivity index is 1.35. The van der Waals surface area contributed by atoms with Gasteiger partial charge in [-0.15, -0.1) is 0 Å². The van der Waals surface area contributed by atoms with Gasteiger partial charge in [0.05, 0.1) is 6.10 Å². The van der Waals surface area contributed by atoms with Gasteiger partial charge in [0.25, 0.3) is 0 Å². The first kappa shape index (κ1) is 21.9. The number of rotatable bonds is 16. The molecule has 0 aliphatic carbocycles. The third kappa shape index (κ3) is 9.95. The van der Waals surface area contributed by atoms with Gasteiger partial charge in [-0.3, -0.25) is 0 Å². The van der Waals surface area contributed by atoms with E-state index in [-0.39, 0.29) is 18.2 Å². The molecule has 1 saturated heterocycles. The number of hydrogen-bond donors (Lipinski definition) is 0. The Morgan fingerprint density at radius 2 is 1.33 bits per heavy atom. The molecule has 27 heavy (non-hydrogen) atoms. The summed E-state index contributed by atoms with van der Waals surface area (Å²) in [5.41, 5.74) is 0. The zero-order valence-electron chi connectivity index (χ0n) is 17.2. The van der Waals surface area contributed by atoms with Crippen molar-refractivity contribution in [2.24, 2.45) is 0 Å². The van der Waals surface area contributed by atoms with E-state index < -0.39 is 0 Å². The van der Waals surface area contributed by atoms with Crippen LogP contribution < -0.4 is 4.74 Å². The minimum absolute atomic E-state index is 0.0777. The summed E-state index contributed by atoms with van der Waals surface area (Å²) in [5, 5.41) is 0. The number of para-hydroxylation sites is 1. The zero-order chi connectivity index (χ0) is 19.2. The molecule has 1 heterocycles. The van der Waals surface area contributed by atoms with Crippen LogP contribution in [-0.2, 0) is 9.53 Å². The number of benzene rings is 1. The van der Waals surface area contributed by atoms with Gasteiger partial charge in [-0.1, -0.05) is 109 Å². The van der Waals surface area contributed by atoms with Gasteiger partial charge in [0.2, 0.25) is 0 Å². The molecule has 1 aromatic rings. The van der Waals surface area contributed by atoms with Crippen molar-refractivity contribution in [1.29, 1.82) is 0 Å². The molecular formula is C24H38O3. The van der Waals surface area contributed by atoms with E-state index in [1.165, 1.54) is 77.0 Å². The molecule has 0 N–H and O–H groups in total. The quantitative estimate of drug-likeness (QED) is 0.138. The van der Waals surface area contributed by atoms with Crippen LogP contribution in [0.25, 0.3) is 0 Å². The van der Waals surface area contributed by atoms with Crippen molar-refractivity contribution in [2.45, 2.75) is 109 Å². The van der Waals surface area contributed by atoms with Crippen LogP contribution in [-0.4, -0.2) is 18.2 Å². The molecule has 2 rings (SSSR count). The molecule has 1 fully saturated rings. The van der Waals surface area contributed by atoms with Gasteiger partial charge < -0.3 is 9.47 Å². The molecular weight excluding hydrogens is 336 g/mol. The summed E-state index contributed by atoms with van der Waals surface area (Å²) in [4.78, 5) is 12.0. The van der Waals surface area contributed by atoms with E-state index in [2.05, 4.69) is 6.92 Å². The molecule has 0 bridgehead atoms. The summed E-state index contributed by atoms with van der Waals surface area (Å²) in [6.07, 6.45) is 18.4. The van der Waals surface area contributed by atoms with Crippen LogP contribution in [0.15, 0.2) is 30.3 Å². The first-order valence-electron chi connectivity index (χ1n) is 11.2. The van der Waals surface area contributed by atoms with Crippen molar-refractivity contribution < 1.29 is 14.3 Å². The van der Waals surface area contributed by atoms with E-state index in [0.717, 1.165) is 12.8 Å². The van der Waals surface area contributed by atoms with Crippen molar-refractivity contribution in [3.8, 4) is 5.75 Å². The highest BCUT2D eigenvalue weighted by atomic mass is 16.6. The highest BCUT2D eigenvalue weighted by Crippen LogP contribution is 2.29. The molecule has 1 aliphatic rings. The maximum Gasteiger partial charge on any atom is 0.343 e. The number of epoxide rings is 1. The van der Waals surface area contributed by atoms with Gasteiger partial charge in [0.1, 0.15) is 5.75 Å².